The van der Waals surface area contributed by atoms with E-state index in [-0.39, 0.29) is 5.57 Å². The van der Waals surface area contributed by atoms with Gasteiger partial charge < -0.3 is 10.1 Å². The molecule has 1 aromatic rings. The predicted octanol–water partition coefficient (Wildman–Crippen LogP) is 3.05. The molecule has 4 nitrogen and oxygen atoms in total. The Kier molecular flexibility index (Phi) is 7.10. The fourth-order valence-electron chi connectivity index (χ4n) is 1.43. The SMILES string of the molecule is COCCCNC(=O)C(C#N)=Cc1ccc(Cl)c(Cl)c1. The van der Waals surface area contributed by atoms with E-state index in [0.29, 0.717) is 35.2 Å². The minimum Gasteiger partial charge on any atom is -0.385 e. The quantitative estimate of drug-likeness (QED) is 0.499. The van der Waals surface area contributed by atoms with Gasteiger partial charge in [-0.2, -0.15) is 5.26 Å². The molecular weight excluding hydrogens is 299 g/mol. The topological polar surface area (TPSA) is 62.1 Å². The molecule has 0 saturated carbocycles. The van der Waals surface area contributed by atoms with Crippen LogP contribution in [0.15, 0.2) is 23.8 Å². The summed E-state index contributed by atoms with van der Waals surface area (Å²) in [5.41, 5.74) is 0.656. The zero-order chi connectivity index (χ0) is 15.0. The molecule has 1 amide bonds. The Bertz CT molecular complexity index is 551. The van der Waals surface area contributed by atoms with Gasteiger partial charge in [-0.15, -0.1) is 0 Å². The van der Waals surface area contributed by atoms with Crippen LogP contribution in [0.4, 0.5) is 0 Å². The first kappa shape index (κ1) is 16.5. The van der Waals surface area contributed by atoms with Crippen molar-refractivity contribution in [3.05, 3.63) is 39.4 Å². The van der Waals surface area contributed by atoms with E-state index in [1.54, 1.807) is 25.3 Å². The van der Waals surface area contributed by atoms with Crippen molar-refractivity contribution in [3.63, 3.8) is 0 Å². The number of benzene rings is 1. The van der Waals surface area contributed by atoms with E-state index in [0.717, 1.165) is 0 Å². The molecule has 0 heterocycles. The highest BCUT2D eigenvalue weighted by molar-refractivity contribution is 6.42. The smallest absolute Gasteiger partial charge is 0.261 e. The number of hydrogen-bond donors (Lipinski definition) is 1. The highest BCUT2D eigenvalue weighted by Gasteiger charge is 2.08. The molecular formula is C14H14Cl2N2O2. The number of carbonyl (C=O) groups is 1. The lowest BCUT2D eigenvalue weighted by Crippen LogP contribution is -2.26. The van der Waals surface area contributed by atoms with Crippen molar-refractivity contribution in [2.75, 3.05) is 20.3 Å². The third kappa shape index (κ3) is 5.22. The molecule has 0 atom stereocenters. The Morgan fingerprint density at radius 3 is 2.80 bits per heavy atom. The number of halogens is 2. The minimum absolute atomic E-state index is 0.0146. The third-order valence-corrected chi connectivity index (χ3v) is 3.17. The maximum atomic E-state index is 11.8. The number of nitrogens with zero attached hydrogens (tertiary/aromatic N) is 1. The first-order valence-corrected chi connectivity index (χ1v) is 6.68. The molecule has 0 aliphatic rings. The average molecular weight is 313 g/mol. The Morgan fingerprint density at radius 1 is 1.45 bits per heavy atom. The van der Waals surface area contributed by atoms with Gasteiger partial charge in [-0.25, -0.2) is 0 Å². The van der Waals surface area contributed by atoms with Crippen LogP contribution in [0.25, 0.3) is 6.08 Å². The molecule has 6 heteroatoms. The summed E-state index contributed by atoms with van der Waals surface area (Å²) in [5.74, 6) is -0.422. The highest BCUT2D eigenvalue weighted by Crippen LogP contribution is 2.23. The number of carbonyl (C=O) groups excluding carboxylic acids is 1. The van der Waals surface area contributed by atoms with Gasteiger partial charge in [-0.05, 0) is 30.2 Å². The van der Waals surface area contributed by atoms with Crippen LogP contribution >= 0.6 is 23.2 Å². The Hall–Kier alpha value is -1.54. The maximum absolute atomic E-state index is 11.8. The molecule has 0 aliphatic heterocycles. The number of methoxy groups -OCH3 is 1. The van der Waals surface area contributed by atoms with E-state index in [4.69, 9.17) is 33.2 Å². The van der Waals surface area contributed by atoms with Crippen molar-refractivity contribution in [2.24, 2.45) is 0 Å². The second-order valence-corrected chi connectivity index (χ2v) is 4.76. The Morgan fingerprint density at radius 2 is 2.20 bits per heavy atom. The van der Waals surface area contributed by atoms with Gasteiger partial charge in [0.05, 0.1) is 10.0 Å². The first-order chi connectivity index (χ1) is 9.58. The molecule has 106 valence electrons. The lowest BCUT2D eigenvalue weighted by molar-refractivity contribution is -0.117. The molecule has 1 rings (SSSR count). The zero-order valence-electron chi connectivity index (χ0n) is 11.0. The molecule has 0 aliphatic carbocycles. The largest absolute Gasteiger partial charge is 0.385 e. The van der Waals surface area contributed by atoms with Crippen LogP contribution in [0, 0.1) is 11.3 Å². The molecule has 0 unspecified atom stereocenters. The number of ether oxygens (including phenoxy) is 1. The van der Waals surface area contributed by atoms with E-state index in [1.807, 2.05) is 6.07 Å². The van der Waals surface area contributed by atoms with Crippen molar-refractivity contribution in [3.8, 4) is 6.07 Å². The summed E-state index contributed by atoms with van der Waals surface area (Å²) in [4.78, 5) is 11.8. The molecule has 0 fully saturated rings. The van der Waals surface area contributed by atoms with Crippen molar-refractivity contribution in [1.82, 2.24) is 5.32 Å². The zero-order valence-corrected chi connectivity index (χ0v) is 12.5. The van der Waals surface area contributed by atoms with Crippen LogP contribution in [-0.4, -0.2) is 26.2 Å². The number of rotatable bonds is 6. The van der Waals surface area contributed by atoms with E-state index in [9.17, 15) is 4.79 Å². The Balaban J connectivity index is 2.74. The van der Waals surface area contributed by atoms with Gasteiger partial charge >= 0.3 is 0 Å². The van der Waals surface area contributed by atoms with E-state index >= 15 is 0 Å². The molecule has 1 N–H and O–H groups in total. The maximum Gasteiger partial charge on any atom is 0.261 e. The van der Waals surface area contributed by atoms with Crippen molar-refractivity contribution < 1.29 is 9.53 Å². The van der Waals surface area contributed by atoms with Crippen molar-refractivity contribution in [1.29, 1.82) is 5.26 Å². The summed E-state index contributed by atoms with van der Waals surface area (Å²) in [5, 5.41) is 12.5. The van der Waals surface area contributed by atoms with Crippen LogP contribution in [0.2, 0.25) is 10.0 Å². The summed E-state index contributed by atoms with van der Waals surface area (Å²) in [6.07, 6.45) is 2.15. The van der Waals surface area contributed by atoms with Crippen LogP contribution in [0.3, 0.4) is 0 Å². The minimum atomic E-state index is -0.422. The first-order valence-electron chi connectivity index (χ1n) is 5.92. The second kappa shape index (κ2) is 8.60. The molecule has 0 spiro atoms. The molecule has 1 aromatic carbocycles. The molecule has 0 aromatic heterocycles. The average Bonchev–Trinajstić information content (AvgIpc) is 2.44. The summed E-state index contributed by atoms with van der Waals surface area (Å²) in [6.45, 7) is 1.01. The normalized spacial score (nSPS) is 11.0. The third-order valence-electron chi connectivity index (χ3n) is 2.43. The van der Waals surface area contributed by atoms with E-state index in [1.165, 1.54) is 6.08 Å². The van der Waals surface area contributed by atoms with Gasteiger partial charge in [-0.1, -0.05) is 29.3 Å². The molecule has 0 radical (unpaired) electrons. The van der Waals surface area contributed by atoms with Crippen LogP contribution in [-0.2, 0) is 9.53 Å². The van der Waals surface area contributed by atoms with E-state index in [2.05, 4.69) is 5.32 Å². The molecule has 20 heavy (non-hydrogen) atoms. The van der Waals surface area contributed by atoms with Crippen LogP contribution in [0.1, 0.15) is 12.0 Å². The summed E-state index contributed by atoms with van der Waals surface area (Å²) >= 11 is 11.7. The lowest BCUT2D eigenvalue weighted by Gasteiger charge is -2.04. The van der Waals surface area contributed by atoms with Gasteiger partial charge in [0.1, 0.15) is 11.6 Å². The van der Waals surface area contributed by atoms with E-state index < -0.39 is 5.91 Å². The van der Waals surface area contributed by atoms with Gasteiger partial charge in [0.15, 0.2) is 0 Å². The van der Waals surface area contributed by atoms with Crippen LogP contribution in [0.5, 0.6) is 0 Å². The van der Waals surface area contributed by atoms with Gasteiger partial charge in [0.2, 0.25) is 0 Å². The number of amides is 1. The fourth-order valence-corrected chi connectivity index (χ4v) is 1.74. The fraction of sp³-hybridized carbons (Fsp3) is 0.286. The monoisotopic (exact) mass is 312 g/mol. The summed E-state index contributed by atoms with van der Waals surface area (Å²) in [6, 6.07) is 6.76. The standard InChI is InChI=1S/C14H14Cl2N2O2/c1-20-6-2-5-18-14(19)11(9-17)7-10-3-4-12(15)13(16)8-10/h3-4,7-8H,2,5-6H2,1H3,(H,18,19). The van der Waals surface area contributed by atoms with Crippen LogP contribution < -0.4 is 5.32 Å². The predicted molar refractivity (Wildman–Crippen MR) is 79.6 cm³/mol. The number of nitriles is 1. The van der Waals surface area contributed by atoms with Gasteiger partial charge in [-0.3, -0.25) is 4.79 Å². The molecule has 0 bridgehead atoms. The summed E-state index contributed by atoms with van der Waals surface area (Å²) < 4.78 is 4.87. The number of hydrogen-bond acceptors (Lipinski definition) is 3. The molecule has 0 saturated heterocycles. The Labute approximate surface area is 127 Å². The highest BCUT2D eigenvalue weighted by atomic mass is 35.5. The van der Waals surface area contributed by atoms with Gasteiger partial charge in [0, 0.05) is 20.3 Å². The van der Waals surface area contributed by atoms with Crippen molar-refractivity contribution >= 4 is 35.2 Å². The summed E-state index contributed by atoms with van der Waals surface area (Å²) in [7, 11) is 1.59. The van der Waals surface area contributed by atoms with Gasteiger partial charge in [0.25, 0.3) is 5.91 Å². The lowest BCUT2D eigenvalue weighted by atomic mass is 10.1. The second-order valence-electron chi connectivity index (χ2n) is 3.95. The van der Waals surface area contributed by atoms with Crippen molar-refractivity contribution in [2.45, 2.75) is 6.42 Å². The number of nitrogens with one attached hydrogen (secondary N) is 1.